The molecule has 1 aromatic carbocycles. The lowest BCUT2D eigenvalue weighted by Crippen LogP contribution is -2.32. The zero-order valence-electron chi connectivity index (χ0n) is 12.7. The van der Waals surface area contributed by atoms with Gasteiger partial charge in [-0.05, 0) is 31.5 Å². The van der Waals surface area contributed by atoms with Gasteiger partial charge in [-0.1, -0.05) is 37.6 Å². The monoisotopic (exact) mass is 263 g/mol. The average molecular weight is 263 g/mol. The normalized spacial score (nSPS) is 12.5. The topological polar surface area (TPSA) is 29.5 Å². The molecule has 0 fully saturated rings. The maximum atomic E-state index is 11.5. The predicted molar refractivity (Wildman–Crippen MR) is 78.0 cm³/mol. The van der Waals surface area contributed by atoms with Gasteiger partial charge >= 0.3 is 5.97 Å². The molecule has 0 aliphatic heterocycles. The summed E-state index contributed by atoms with van der Waals surface area (Å²) in [6.45, 7) is 10.8. The van der Waals surface area contributed by atoms with Crippen molar-refractivity contribution in [3.8, 4) is 0 Å². The Balaban J connectivity index is 2.71. The quantitative estimate of drug-likeness (QED) is 0.739. The van der Waals surface area contributed by atoms with Crippen LogP contribution in [0.15, 0.2) is 18.2 Å². The van der Waals surface area contributed by atoms with Crippen molar-refractivity contribution in [1.82, 2.24) is 4.90 Å². The molecule has 1 atom stereocenters. The van der Waals surface area contributed by atoms with Crippen LogP contribution < -0.4 is 0 Å². The number of hydrogen-bond donors (Lipinski definition) is 0. The smallest absolute Gasteiger partial charge is 0.309 e. The third kappa shape index (κ3) is 4.67. The molecule has 106 valence electrons. The molecule has 3 nitrogen and oxygen atoms in total. The second-order valence-corrected chi connectivity index (χ2v) is 5.18. The van der Waals surface area contributed by atoms with E-state index in [1.807, 2.05) is 6.92 Å². The van der Waals surface area contributed by atoms with E-state index in [0.717, 1.165) is 19.6 Å². The average Bonchev–Trinajstić information content (AvgIpc) is 2.40. The Morgan fingerprint density at radius 2 is 2.05 bits per heavy atom. The summed E-state index contributed by atoms with van der Waals surface area (Å²) in [6.07, 6.45) is 0. The number of benzene rings is 1. The Labute approximate surface area is 116 Å². The maximum Gasteiger partial charge on any atom is 0.309 e. The Morgan fingerprint density at radius 1 is 1.37 bits per heavy atom. The highest BCUT2D eigenvalue weighted by Crippen LogP contribution is 2.14. The molecular formula is C16H25NO2. The van der Waals surface area contributed by atoms with Gasteiger partial charge in [0.15, 0.2) is 0 Å². The van der Waals surface area contributed by atoms with Crippen molar-refractivity contribution in [2.24, 2.45) is 5.92 Å². The highest BCUT2D eigenvalue weighted by molar-refractivity contribution is 5.72. The fourth-order valence-corrected chi connectivity index (χ4v) is 2.18. The number of esters is 1. The van der Waals surface area contributed by atoms with E-state index in [9.17, 15) is 4.79 Å². The third-order valence-corrected chi connectivity index (χ3v) is 3.48. The molecule has 3 heteroatoms. The molecule has 0 N–H and O–H groups in total. The molecule has 0 aliphatic rings. The van der Waals surface area contributed by atoms with Crippen LogP contribution in [-0.2, 0) is 16.1 Å². The lowest BCUT2D eigenvalue weighted by atomic mass is 10.0. The Morgan fingerprint density at radius 3 is 2.63 bits per heavy atom. The van der Waals surface area contributed by atoms with Gasteiger partial charge in [0.25, 0.3) is 0 Å². The lowest BCUT2D eigenvalue weighted by Gasteiger charge is -2.24. The van der Waals surface area contributed by atoms with E-state index in [0.29, 0.717) is 0 Å². The first-order chi connectivity index (χ1) is 8.97. The molecule has 1 rings (SSSR count). The molecule has 0 aliphatic carbocycles. The van der Waals surface area contributed by atoms with Gasteiger partial charge in [-0.3, -0.25) is 9.69 Å². The van der Waals surface area contributed by atoms with Crippen LogP contribution in [0.3, 0.4) is 0 Å². The highest BCUT2D eigenvalue weighted by Gasteiger charge is 2.17. The van der Waals surface area contributed by atoms with Crippen LogP contribution in [0.25, 0.3) is 0 Å². The largest absolute Gasteiger partial charge is 0.469 e. The van der Waals surface area contributed by atoms with E-state index in [1.165, 1.54) is 23.8 Å². The molecule has 0 aromatic heterocycles. The number of nitrogens with zero attached hydrogens (tertiary/aromatic N) is 1. The third-order valence-electron chi connectivity index (χ3n) is 3.48. The summed E-state index contributed by atoms with van der Waals surface area (Å²) >= 11 is 0. The van der Waals surface area contributed by atoms with Crippen LogP contribution in [-0.4, -0.2) is 31.1 Å². The van der Waals surface area contributed by atoms with Crippen molar-refractivity contribution in [2.45, 2.75) is 34.2 Å². The van der Waals surface area contributed by atoms with Crippen molar-refractivity contribution in [3.05, 3.63) is 34.9 Å². The summed E-state index contributed by atoms with van der Waals surface area (Å²) in [5.74, 6) is -0.227. The SMILES string of the molecule is CCN(Cc1cc(C)ccc1C)CC(C)C(=O)OC. The van der Waals surface area contributed by atoms with Gasteiger partial charge < -0.3 is 4.74 Å². The molecule has 0 heterocycles. The molecule has 0 saturated carbocycles. The highest BCUT2D eigenvalue weighted by atomic mass is 16.5. The lowest BCUT2D eigenvalue weighted by molar-refractivity contribution is -0.145. The molecule has 0 bridgehead atoms. The minimum atomic E-state index is -0.139. The van der Waals surface area contributed by atoms with Gasteiger partial charge in [0.2, 0.25) is 0 Å². The second kappa shape index (κ2) is 7.29. The standard InChI is InChI=1S/C16H25NO2/c1-6-17(10-14(4)16(18)19-5)11-15-9-12(2)7-8-13(15)3/h7-9,14H,6,10-11H2,1-5H3. The van der Waals surface area contributed by atoms with Crippen LogP contribution in [0.5, 0.6) is 0 Å². The first-order valence-corrected chi connectivity index (χ1v) is 6.84. The van der Waals surface area contributed by atoms with Crippen molar-refractivity contribution in [1.29, 1.82) is 0 Å². The fourth-order valence-electron chi connectivity index (χ4n) is 2.18. The van der Waals surface area contributed by atoms with E-state index in [1.54, 1.807) is 0 Å². The summed E-state index contributed by atoms with van der Waals surface area (Å²) in [4.78, 5) is 13.8. The first kappa shape index (κ1) is 15.7. The molecule has 0 amide bonds. The van der Waals surface area contributed by atoms with E-state index >= 15 is 0 Å². The number of carbonyl (C=O) groups excluding carboxylic acids is 1. The predicted octanol–water partition coefficient (Wildman–Crippen LogP) is 2.93. The van der Waals surface area contributed by atoms with Gasteiger partial charge in [0.1, 0.15) is 0 Å². The van der Waals surface area contributed by atoms with Gasteiger partial charge in [0, 0.05) is 13.1 Å². The van der Waals surface area contributed by atoms with Gasteiger partial charge in [-0.15, -0.1) is 0 Å². The van der Waals surface area contributed by atoms with E-state index in [2.05, 4.69) is 43.9 Å². The molecule has 0 saturated heterocycles. The molecule has 19 heavy (non-hydrogen) atoms. The van der Waals surface area contributed by atoms with E-state index < -0.39 is 0 Å². The number of rotatable bonds is 6. The molecular weight excluding hydrogens is 238 g/mol. The number of aryl methyl sites for hydroxylation is 2. The van der Waals surface area contributed by atoms with Crippen LogP contribution in [0.2, 0.25) is 0 Å². The Kier molecular flexibility index (Phi) is 6.03. The van der Waals surface area contributed by atoms with Gasteiger partial charge in [-0.2, -0.15) is 0 Å². The Bertz CT molecular complexity index is 429. The first-order valence-electron chi connectivity index (χ1n) is 6.84. The minimum Gasteiger partial charge on any atom is -0.469 e. The zero-order valence-corrected chi connectivity index (χ0v) is 12.7. The molecule has 1 aromatic rings. The summed E-state index contributed by atoms with van der Waals surface area (Å²) in [5, 5.41) is 0. The van der Waals surface area contributed by atoms with Gasteiger partial charge in [0.05, 0.1) is 13.0 Å². The molecule has 0 spiro atoms. The van der Waals surface area contributed by atoms with Crippen LogP contribution >= 0.6 is 0 Å². The summed E-state index contributed by atoms with van der Waals surface area (Å²) in [7, 11) is 1.44. The maximum absolute atomic E-state index is 11.5. The second-order valence-electron chi connectivity index (χ2n) is 5.18. The zero-order chi connectivity index (χ0) is 14.4. The number of carbonyl (C=O) groups is 1. The van der Waals surface area contributed by atoms with Crippen LogP contribution in [0, 0.1) is 19.8 Å². The number of methoxy groups -OCH3 is 1. The summed E-state index contributed by atoms with van der Waals surface area (Å²) in [6, 6.07) is 6.51. The molecule has 1 unspecified atom stereocenters. The summed E-state index contributed by atoms with van der Waals surface area (Å²) in [5.41, 5.74) is 3.91. The molecule has 0 radical (unpaired) electrons. The van der Waals surface area contributed by atoms with Crippen LogP contribution in [0.4, 0.5) is 0 Å². The van der Waals surface area contributed by atoms with Crippen LogP contribution in [0.1, 0.15) is 30.5 Å². The van der Waals surface area contributed by atoms with Crippen molar-refractivity contribution in [2.75, 3.05) is 20.2 Å². The summed E-state index contributed by atoms with van der Waals surface area (Å²) < 4.78 is 4.78. The van der Waals surface area contributed by atoms with E-state index in [-0.39, 0.29) is 11.9 Å². The fraction of sp³-hybridized carbons (Fsp3) is 0.562. The van der Waals surface area contributed by atoms with Crippen molar-refractivity contribution >= 4 is 5.97 Å². The van der Waals surface area contributed by atoms with Crippen molar-refractivity contribution < 1.29 is 9.53 Å². The minimum absolute atomic E-state index is 0.0879. The van der Waals surface area contributed by atoms with E-state index in [4.69, 9.17) is 4.74 Å². The van der Waals surface area contributed by atoms with Gasteiger partial charge in [-0.25, -0.2) is 0 Å². The number of ether oxygens (including phenoxy) is 1. The van der Waals surface area contributed by atoms with Crippen molar-refractivity contribution in [3.63, 3.8) is 0 Å². The number of hydrogen-bond acceptors (Lipinski definition) is 3. The Hall–Kier alpha value is -1.35.